The summed E-state index contributed by atoms with van der Waals surface area (Å²) >= 11 is 0. The standard InChI is InChI=1S/C52H102O4/c1-2-4-6-8-10-12-14-16-18-20-22-24-26-28-30-32-34-36-38-40-42-46-52(55-50-45-51-56-52)54-49-44-48-53-47-43-41-39-37-35-33-31-29-27-25-23-21-19-17-15-13-11-9-7-5-3-1/h1-51H2. The van der Waals surface area contributed by atoms with Gasteiger partial charge in [0.05, 0.1) is 19.8 Å². The van der Waals surface area contributed by atoms with E-state index in [9.17, 15) is 0 Å². The van der Waals surface area contributed by atoms with Crippen LogP contribution in [-0.4, -0.2) is 39.0 Å². The summed E-state index contributed by atoms with van der Waals surface area (Å²) in [5.41, 5.74) is 0. The molecular formula is C52H102O4. The summed E-state index contributed by atoms with van der Waals surface area (Å²) in [6.07, 6.45) is 64.4. The molecule has 2 heterocycles. The van der Waals surface area contributed by atoms with E-state index in [-0.39, 0.29) is 0 Å². The first-order valence-corrected chi connectivity index (χ1v) is 26.4. The number of ether oxygens (including phenoxy) is 4. The van der Waals surface area contributed by atoms with Gasteiger partial charge >= 0.3 is 0 Å². The lowest BCUT2D eigenvalue weighted by Crippen LogP contribution is -2.43. The number of hydrogen-bond acceptors (Lipinski definition) is 4. The molecule has 0 aromatic carbocycles. The molecule has 2 rings (SSSR count). The maximum Gasteiger partial charge on any atom is 0.282 e. The lowest BCUT2D eigenvalue weighted by molar-refractivity contribution is -0.402. The Morgan fingerprint density at radius 3 is 0.589 bits per heavy atom. The lowest BCUT2D eigenvalue weighted by atomic mass is 10.0. The topological polar surface area (TPSA) is 36.9 Å². The Balaban J connectivity index is 1.50. The molecule has 0 N–H and O–H groups in total. The van der Waals surface area contributed by atoms with Crippen LogP contribution in [-0.2, 0) is 18.9 Å². The van der Waals surface area contributed by atoms with E-state index in [1.807, 2.05) is 0 Å². The van der Waals surface area contributed by atoms with Crippen molar-refractivity contribution in [2.45, 2.75) is 301 Å². The molecule has 2 fully saturated rings. The van der Waals surface area contributed by atoms with Crippen molar-refractivity contribution in [3.63, 3.8) is 0 Å². The summed E-state index contributed by atoms with van der Waals surface area (Å²) in [4.78, 5) is 0. The van der Waals surface area contributed by atoms with Crippen LogP contribution in [0.4, 0.5) is 0 Å². The third-order valence-electron chi connectivity index (χ3n) is 13.0. The van der Waals surface area contributed by atoms with Crippen molar-refractivity contribution in [1.29, 1.82) is 0 Å². The van der Waals surface area contributed by atoms with Gasteiger partial charge in [0.25, 0.3) is 5.97 Å². The van der Waals surface area contributed by atoms with Gasteiger partial charge in [-0.2, -0.15) is 0 Å². The summed E-state index contributed by atoms with van der Waals surface area (Å²) in [6, 6.07) is 0. The highest BCUT2D eigenvalue weighted by molar-refractivity contribution is 4.64. The second-order valence-corrected chi connectivity index (χ2v) is 18.5. The normalized spacial score (nSPS) is 25.3. The predicted molar refractivity (Wildman–Crippen MR) is 244 cm³/mol. The summed E-state index contributed by atoms with van der Waals surface area (Å²) in [5.74, 6) is -0.805. The van der Waals surface area contributed by atoms with Gasteiger partial charge in [-0.1, -0.05) is 263 Å². The summed E-state index contributed by atoms with van der Waals surface area (Å²) < 4.78 is 24.3. The zero-order valence-corrected chi connectivity index (χ0v) is 38.2. The van der Waals surface area contributed by atoms with E-state index >= 15 is 0 Å². The molecule has 0 aliphatic carbocycles. The van der Waals surface area contributed by atoms with Crippen LogP contribution < -0.4 is 0 Å². The number of hydrogen-bond donors (Lipinski definition) is 0. The van der Waals surface area contributed by atoms with Crippen molar-refractivity contribution >= 4 is 0 Å². The SMILES string of the molecule is C1CCCCCCCCCCCCCCCCCCCCCCOCCCOC2(CCCCCCCCCCCCCCCCCCCCCC1)OCCCO2. The van der Waals surface area contributed by atoms with Crippen molar-refractivity contribution in [3.8, 4) is 0 Å². The fourth-order valence-electron chi connectivity index (χ4n) is 9.14. The second-order valence-electron chi connectivity index (χ2n) is 18.5. The van der Waals surface area contributed by atoms with Gasteiger partial charge in [-0.3, -0.25) is 0 Å². The minimum atomic E-state index is -0.805. The van der Waals surface area contributed by atoms with E-state index in [2.05, 4.69) is 0 Å². The monoisotopic (exact) mass is 791 g/mol. The molecule has 0 aromatic rings. The Labute approximate surface area is 352 Å². The van der Waals surface area contributed by atoms with Crippen molar-refractivity contribution < 1.29 is 18.9 Å². The molecule has 0 aromatic heterocycles. The Hall–Kier alpha value is -0.160. The smallest absolute Gasteiger partial charge is 0.282 e. The maximum absolute atomic E-state index is 6.24. The molecule has 56 heavy (non-hydrogen) atoms. The summed E-state index contributed by atoms with van der Waals surface area (Å²) in [6.45, 7) is 3.81. The van der Waals surface area contributed by atoms with Crippen molar-refractivity contribution in [1.82, 2.24) is 0 Å². The quantitative estimate of drug-likeness (QED) is 0.245. The van der Waals surface area contributed by atoms with Gasteiger partial charge in [-0.05, 0) is 25.7 Å². The highest BCUT2D eigenvalue weighted by atomic mass is 16.9. The average Bonchev–Trinajstić information content (AvgIpc) is 3.21. The van der Waals surface area contributed by atoms with Crippen LogP contribution in [0, 0.1) is 0 Å². The fraction of sp³-hybridized carbons (Fsp3) is 1.00. The molecule has 0 bridgehead atoms. The second kappa shape index (κ2) is 42.9. The summed E-state index contributed by atoms with van der Waals surface area (Å²) in [5, 5.41) is 0. The molecule has 334 valence electrons. The largest absolute Gasteiger partial charge is 0.381 e. The van der Waals surface area contributed by atoms with E-state index in [1.165, 1.54) is 270 Å². The van der Waals surface area contributed by atoms with Crippen LogP contribution in [0.25, 0.3) is 0 Å². The highest BCUT2D eigenvalue weighted by Crippen LogP contribution is 2.28. The molecule has 2 saturated heterocycles. The molecule has 4 heteroatoms. The Morgan fingerprint density at radius 1 is 0.161 bits per heavy atom. The van der Waals surface area contributed by atoms with E-state index in [0.717, 1.165) is 52.1 Å². The van der Waals surface area contributed by atoms with Gasteiger partial charge in [-0.25, -0.2) is 0 Å². The third kappa shape index (κ3) is 35.8. The molecule has 0 atom stereocenters. The molecule has 2 aliphatic rings. The van der Waals surface area contributed by atoms with Crippen LogP contribution in [0.3, 0.4) is 0 Å². The minimum Gasteiger partial charge on any atom is -0.381 e. The van der Waals surface area contributed by atoms with Crippen molar-refractivity contribution in [2.24, 2.45) is 0 Å². The number of rotatable bonds is 0. The molecule has 2 aliphatic heterocycles. The Morgan fingerprint density at radius 2 is 0.339 bits per heavy atom. The van der Waals surface area contributed by atoms with Crippen LogP contribution in [0.2, 0.25) is 0 Å². The summed E-state index contributed by atoms with van der Waals surface area (Å²) in [7, 11) is 0. The van der Waals surface area contributed by atoms with Gasteiger partial charge in [0, 0.05) is 19.6 Å². The minimum absolute atomic E-state index is 0.653. The van der Waals surface area contributed by atoms with Gasteiger partial charge in [0.15, 0.2) is 0 Å². The van der Waals surface area contributed by atoms with E-state index < -0.39 is 5.97 Å². The molecule has 4 nitrogen and oxygen atoms in total. The van der Waals surface area contributed by atoms with Crippen LogP contribution >= 0.6 is 0 Å². The third-order valence-corrected chi connectivity index (χ3v) is 13.0. The van der Waals surface area contributed by atoms with Crippen molar-refractivity contribution in [3.05, 3.63) is 0 Å². The van der Waals surface area contributed by atoms with Gasteiger partial charge < -0.3 is 18.9 Å². The zero-order valence-electron chi connectivity index (χ0n) is 38.2. The molecule has 0 amide bonds. The van der Waals surface area contributed by atoms with E-state index in [0.29, 0.717) is 6.61 Å². The molecule has 0 unspecified atom stereocenters. The zero-order chi connectivity index (χ0) is 39.4. The van der Waals surface area contributed by atoms with Crippen molar-refractivity contribution in [2.75, 3.05) is 33.0 Å². The molecule has 0 saturated carbocycles. The van der Waals surface area contributed by atoms with E-state index in [1.54, 1.807) is 0 Å². The van der Waals surface area contributed by atoms with Crippen LogP contribution in [0.1, 0.15) is 295 Å². The molecule has 0 radical (unpaired) electrons. The average molecular weight is 791 g/mol. The van der Waals surface area contributed by atoms with Gasteiger partial charge in [-0.15, -0.1) is 0 Å². The molecule has 1 spiro atoms. The molecular weight excluding hydrogens is 689 g/mol. The van der Waals surface area contributed by atoms with Gasteiger partial charge in [0.1, 0.15) is 0 Å². The highest BCUT2D eigenvalue weighted by Gasteiger charge is 2.35. The van der Waals surface area contributed by atoms with Crippen LogP contribution in [0.5, 0.6) is 0 Å². The Bertz CT molecular complexity index is 682. The van der Waals surface area contributed by atoms with Crippen LogP contribution in [0.15, 0.2) is 0 Å². The van der Waals surface area contributed by atoms with Gasteiger partial charge in [0.2, 0.25) is 0 Å². The predicted octanol–water partition coefficient (Wildman–Crippen LogP) is 17.7. The lowest BCUT2D eigenvalue weighted by Gasteiger charge is -2.36. The first-order chi connectivity index (χ1) is 27.9. The fourth-order valence-corrected chi connectivity index (χ4v) is 9.14. The maximum atomic E-state index is 6.24. The first kappa shape index (κ1) is 52.0. The van der Waals surface area contributed by atoms with E-state index in [4.69, 9.17) is 18.9 Å². The Kier molecular flexibility index (Phi) is 39.9. The first-order valence-electron chi connectivity index (χ1n) is 26.4.